The number of anilines is 1. The number of thioether (sulfide) groups is 1. The van der Waals surface area contributed by atoms with Crippen LogP contribution in [0.15, 0.2) is 52.2 Å². The summed E-state index contributed by atoms with van der Waals surface area (Å²) in [6.07, 6.45) is 3.45. The fourth-order valence-corrected chi connectivity index (χ4v) is 4.47. The molecule has 29 heavy (non-hydrogen) atoms. The van der Waals surface area contributed by atoms with Crippen molar-refractivity contribution in [3.05, 3.63) is 69.0 Å². The van der Waals surface area contributed by atoms with E-state index >= 15 is 0 Å². The maximum absolute atomic E-state index is 12.6. The third-order valence-corrected chi connectivity index (χ3v) is 5.93. The third-order valence-electron chi connectivity index (χ3n) is 4.74. The van der Waals surface area contributed by atoms with E-state index in [1.807, 2.05) is 0 Å². The topological polar surface area (TPSA) is 114 Å². The zero-order valence-electron chi connectivity index (χ0n) is 15.5. The van der Waals surface area contributed by atoms with Gasteiger partial charge < -0.3 is 14.6 Å². The number of methoxy groups -OCH3 is 1. The van der Waals surface area contributed by atoms with Crippen molar-refractivity contribution in [2.75, 3.05) is 24.4 Å². The molecule has 0 radical (unpaired) electrons. The Kier molecular flexibility index (Phi) is 5.31. The van der Waals surface area contributed by atoms with Crippen molar-refractivity contribution in [2.24, 2.45) is 0 Å². The largest absolute Gasteiger partial charge is 0.497 e. The van der Waals surface area contributed by atoms with Crippen LogP contribution < -0.4 is 20.9 Å². The Hall–Kier alpha value is -2.82. The van der Waals surface area contributed by atoms with Crippen LogP contribution in [0.1, 0.15) is 17.2 Å². The number of carbonyl (C=O) groups is 1. The summed E-state index contributed by atoms with van der Waals surface area (Å²) < 4.78 is 12.0. The maximum atomic E-state index is 12.6. The fraction of sp³-hybridized carbons (Fsp3) is 0.316. The average molecular weight is 417 g/mol. The Morgan fingerprint density at radius 3 is 2.66 bits per heavy atom. The van der Waals surface area contributed by atoms with Crippen LogP contribution in [0.25, 0.3) is 0 Å². The molecule has 1 aromatic heterocycles. The maximum Gasteiger partial charge on any atom is 0.330 e. The van der Waals surface area contributed by atoms with Crippen molar-refractivity contribution < 1.29 is 19.4 Å². The molecule has 1 unspecified atom stereocenters. The minimum Gasteiger partial charge on any atom is -0.497 e. The van der Waals surface area contributed by atoms with E-state index in [1.54, 1.807) is 43.5 Å². The molecular formula is C19H19N3O6S. The van der Waals surface area contributed by atoms with E-state index in [0.29, 0.717) is 11.4 Å². The highest BCUT2D eigenvalue weighted by molar-refractivity contribution is 8.00. The number of aromatic amines is 1. The van der Waals surface area contributed by atoms with Gasteiger partial charge in [-0.25, -0.2) is 4.79 Å². The summed E-state index contributed by atoms with van der Waals surface area (Å²) in [5, 5.41) is 8.63. The lowest BCUT2D eigenvalue weighted by atomic mass is 10.2. The molecule has 1 fully saturated rings. The van der Waals surface area contributed by atoms with Crippen molar-refractivity contribution >= 4 is 23.4 Å². The zero-order chi connectivity index (χ0) is 20.5. The van der Waals surface area contributed by atoms with Crippen molar-refractivity contribution in [1.29, 1.82) is 0 Å². The second kappa shape index (κ2) is 7.90. The molecular weight excluding hydrogens is 398 g/mol. The molecule has 0 spiro atoms. The SMILES string of the molecule is COc1ccc(N2C(=O)CSC2c2cn([C@H]3C=C[C@@H](CO)O3)c(=O)[nH]c2=O)cc1. The molecule has 0 bridgehead atoms. The molecule has 1 amide bonds. The lowest BCUT2D eigenvalue weighted by molar-refractivity contribution is -0.115. The molecule has 152 valence electrons. The van der Waals surface area contributed by atoms with Crippen LogP contribution in [0.2, 0.25) is 0 Å². The van der Waals surface area contributed by atoms with Gasteiger partial charge in [0.05, 0.1) is 25.0 Å². The molecule has 3 atom stereocenters. The van der Waals surface area contributed by atoms with Gasteiger partial charge in [0.25, 0.3) is 5.56 Å². The molecule has 2 aliphatic rings. The number of nitrogens with zero attached hydrogens (tertiary/aromatic N) is 2. The second-order valence-electron chi connectivity index (χ2n) is 6.51. The first-order chi connectivity index (χ1) is 14.0. The molecule has 2 N–H and O–H groups in total. The standard InChI is InChI=1S/C19H19N3O6S/c1-27-12-4-2-11(3-5-12)22-15(24)10-29-18(22)14-8-21(19(26)20-17(14)25)16-7-6-13(9-23)28-16/h2-8,13,16,18,23H,9-10H2,1H3,(H,20,25,26)/t13-,16+,18?/m0/s1. The van der Waals surface area contributed by atoms with Crippen molar-refractivity contribution in [3.8, 4) is 5.75 Å². The van der Waals surface area contributed by atoms with Crippen molar-refractivity contribution in [3.63, 3.8) is 0 Å². The number of amides is 1. The third kappa shape index (κ3) is 3.61. The van der Waals surface area contributed by atoms with Gasteiger partial charge in [0.15, 0.2) is 6.23 Å². The van der Waals surface area contributed by atoms with Crippen LogP contribution in [0, 0.1) is 0 Å². The number of benzene rings is 1. The highest BCUT2D eigenvalue weighted by atomic mass is 32.2. The smallest absolute Gasteiger partial charge is 0.330 e. The normalized spacial score (nSPS) is 23.7. The van der Waals surface area contributed by atoms with Crippen LogP contribution in [0.4, 0.5) is 5.69 Å². The highest BCUT2D eigenvalue weighted by Gasteiger charge is 2.36. The van der Waals surface area contributed by atoms with E-state index in [2.05, 4.69) is 4.98 Å². The summed E-state index contributed by atoms with van der Waals surface area (Å²) in [5.74, 6) is 0.723. The van der Waals surface area contributed by atoms with Crippen LogP contribution in [-0.4, -0.2) is 46.1 Å². The van der Waals surface area contributed by atoms with Gasteiger partial charge in [-0.1, -0.05) is 6.08 Å². The van der Waals surface area contributed by atoms with Crippen LogP contribution in [0.3, 0.4) is 0 Å². The molecule has 3 heterocycles. The number of carbonyl (C=O) groups excluding carboxylic acids is 1. The summed E-state index contributed by atoms with van der Waals surface area (Å²) in [6.45, 7) is -0.212. The molecule has 2 aromatic rings. The number of rotatable bonds is 5. The minimum atomic E-state index is -0.744. The molecule has 2 aliphatic heterocycles. The van der Waals surface area contributed by atoms with Gasteiger partial charge in [0, 0.05) is 11.9 Å². The summed E-state index contributed by atoms with van der Waals surface area (Å²) in [7, 11) is 1.55. The Morgan fingerprint density at radius 1 is 1.24 bits per heavy atom. The molecule has 4 rings (SSSR count). The number of aliphatic hydroxyl groups is 1. The number of aromatic nitrogens is 2. The van der Waals surface area contributed by atoms with Crippen LogP contribution in [-0.2, 0) is 9.53 Å². The quantitative estimate of drug-likeness (QED) is 0.691. The lowest BCUT2D eigenvalue weighted by Gasteiger charge is -2.25. The summed E-state index contributed by atoms with van der Waals surface area (Å²) in [6, 6.07) is 6.96. The Bertz CT molecular complexity index is 1060. The molecule has 0 saturated carbocycles. The number of ether oxygens (including phenoxy) is 2. The number of hydrogen-bond acceptors (Lipinski definition) is 7. The predicted octanol–water partition coefficient (Wildman–Crippen LogP) is 0.770. The first-order valence-corrected chi connectivity index (χ1v) is 9.94. The van der Waals surface area contributed by atoms with Gasteiger partial charge in [0.2, 0.25) is 5.91 Å². The molecule has 10 heteroatoms. The lowest BCUT2D eigenvalue weighted by Crippen LogP contribution is -2.37. The average Bonchev–Trinajstić information content (AvgIpc) is 3.35. The van der Waals surface area contributed by atoms with E-state index in [4.69, 9.17) is 9.47 Å². The molecule has 9 nitrogen and oxygen atoms in total. The Labute approximate surface area is 169 Å². The van der Waals surface area contributed by atoms with Gasteiger partial charge in [0.1, 0.15) is 17.2 Å². The molecule has 1 aromatic carbocycles. The summed E-state index contributed by atoms with van der Waals surface area (Å²) in [4.78, 5) is 41.2. The van der Waals surface area contributed by atoms with E-state index in [0.717, 1.165) is 0 Å². The first kappa shape index (κ1) is 19.5. The van der Waals surface area contributed by atoms with Gasteiger partial charge in [-0.15, -0.1) is 11.8 Å². The fourth-order valence-electron chi connectivity index (χ4n) is 3.29. The number of H-pyrrole nitrogens is 1. The van der Waals surface area contributed by atoms with Crippen molar-refractivity contribution in [2.45, 2.75) is 17.7 Å². The minimum absolute atomic E-state index is 0.139. The zero-order valence-corrected chi connectivity index (χ0v) is 16.3. The Morgan fingerprint density at radius 2 is 2.00 bits per heavy atom. The second-order valence-corrected chi connectivity index (χ2v) is 7.58. The van der Waals surface area contributed by atoms with E-state index in [9.17, 15) is 19.5 Å². The Balaban J connectivity index is 1.72. The number of nitrogens with one attached hydrogen (secondary N) is 1. The predicted molar refractivity (Wildman–Crippen MR) is 107 cm³/mol. The van der Waals surface area contributed by atoms with Gasteiger partial charge in [-0.3, -0.25) is 24.0 Å². The first-order valence-electron chi connectivity index (χ1n) is 8.89. The van der Waals surface area contributed by atoms with E-state index < -0.39 is 29.0 Å². The monoisotopic (exact) mass is 417 g/mol. The van der Waals surface area contributed by atoms with Gasteiger partial charge in [-0.05, 0) is 30.3 Å². The van der Waals surface area contributed by atoms with Crippen LogP contribution >= 0.6 is 11.8 Å². The molecule has 1 saturated heterocycles. The van der Waals surface area contributed by atoms with Crippen LogP contribution in [0.5, 0.6) is 5.75 Å². The van der Waals surface area contributed by atoms with E-state index in [1.165, 1.54) is 27.4 Å². The van der Waals surface area contributed by atoms with E-state index in [-0.39, 0.29) is 23.8 Å². The van der Waals surface area contributed by atoms with Gasteiger partial charge in [-0.2, -0.15) is 0 Å². The number of aliphatic hydroxyl groups excluding tert-OH is 1. The van der Waals surface area contributed by atoms with Gasteiger partial charge >= 0.3 is 5.69 Å². The summed E-state index contributed by atoms with van der Waals surface area (Å²) in [5.41, 5.74) is -0.295. The van der Waals surface area contributed by atoms with Crippen molar-refractivity contribution in [1.82, 2.24) is 9.55 Å². The molecule has 0 aliphatic carbocycles. The highest BCUT2D eigenvalue weighted by Crippen LogP contribution is 2.40. The summed E-state index contributed by atoms with van der Waals surface area (Å²) >= 11 is 1.30. The number of hydrogen-bond donors (Lipinski definition) is 2.